The standard InChI is InChI=1S/C16H20N4O3S/c1-9-12(10(2)21)6-11(7-17)14(18-9)24-8-13(22)19-15(23)20-16(3,4)5/h6H,8H2,1-5H3,(H2,19,20,22,23). The summed E-state index contributed by atoms with van der Waals surface area (Å²) in [5, 5.41) is 14.4. The molecule has 1 rings (SSSR count). The van der Waals surface area contributed by atoms with E-state index in [1.54, 1.807) is 27.7 Å². The number of nitrogens with zero attached hydrogens (tertiary/aromatic N) is 2. The second-order valence-corrected chi connectivity index (χ2v) is 7.15. The lowest BCUT2D eigenvalue weighted by molar-refractivity contribution is -0.117. The van der Waals surface area contributed by atoms with Crippen LogP contribution in [0.15, 0.2) is 11.1 Å². The molecule has 24 heavy (non-hydrogen) atoms. The number of hydrogen-bond donors (Lipinski definition) is 2. The zero-order valence-corrected chi connectivity index (χ0v) is 15.1. The van der Waals surface area contributed by atoms with Gasteiger partial charge in [0.1, 0.15) is 11.1 Å². The Labute approximate surface area is 145 Å². The van der Waals surface area contributed by atoms with Gasteiger partial charge in [-0.2, -0.15) is 5.26 Å². The van der Waals surface area contributed by atoms with Crippen molar-refractivity contribution in [3.63, 3.8) is 0 Å². The molecule has 0 radical (unpaired) electrons. The van der Waals surface area contributed by atoms with Crippen LogP contribution in [0.1, 0.15) is 49.3 Å². The molecule has 128 valence electrons. The minimum Gasteiger partial charge on any atom is -0.333 e. The van der Waals surface area contributed by atoms with Gasteiger partial charge in [0.25, 0.3) is 0 Å². The largest absolute Gasteiger partial charge is 0.333 e. The van der Waals surface area contributed by atoms with Gasteiger partial charge >= 0.3 is 6.03 Å². The van der Waals surface area contributed by atoms with Crippen LogP contribution in [0.25, 0.3) is 0 Å². The predicted octanol–water partition coefficient (Wildman–Crippen LogP) is 2.18. The Bertz CT molecular complexity index is 717. The molecule has 2 N–H and O–H groups in total. The fourth-order valence-corrected chi connectivity index (χ4v) is 2.60. The van der Waals surface area contributed by atoms with Gasteiger partial charge < -0.3 is 5.32 Å². The summed E-state index contributed by atoms with van der Waals surface area (Å²) in [6.45, 7) is 8.47. The normalized spacial score (nSPS) is 10.7. The van der Waals surface area contributed by atoms with Crippen molar-refractivity contribution in [2.75, 3.05) is 5.75 Å². The minimum atomic E-state index is -0.579. The topological polar surface area (TPSA) is 112 Å². The molecular formula is C16H20N4O3S. The number of pyridine rings is 1. The molecule has 0 saturated carbocycles. The number of imide groups is 1. The van der Waals surface area contributed by atoms with Crippen molar-refractivity contribution in [3.05, 3.63) is 22.9 Å². The van der Waals surface area contributed by atoms with Crippen LogP contribution >= 0.6 is 11.8 Å². The highest BCUT2D eigenvalue weighted by Gasteiger charge is 2.17. The lowest BCUT2D eigenvalue weighted by Gasteiger charge is -2.20. The van der Waals surface area contributed by atoms with Crippen molar-refractivity contribution in [2.45, 2.75) is 45.2 Å². The van der Waals surface area contributed by atoms with E-state index in [0.29, 0.717) is 16.3 Å². The number of Topliss-reactive ketones (excluding diaryl/α,β-unsaturated/α-hetero) is 1. The third-order valence-electron chi connectivity index (χ3n) is 2.76. The summed E-state index contributed by atoms with van der Waals surface area (Å²) >= 11 is 1.04. The molecule has 0 atom stereocenters. The molecule has 3 amide bonds. The number of hydrogen-bond acceptors (Lipinski definition) is 6. The monoisotopic (exact) mass is 348 g/mol. The number of aryl methyl sites for hydroxylation is 1. The lowest BCUT2D eigenvalue weighted by Crippen LogP contribution is -2.48. The highest BCUT2D eigenvalue weighted by Crippen LogP contribution is 2.22. The molecule has 0 unspecified atom stereocenters. The Balaban J connectivity index is 2.76. The molecule has 0 aliphatic carbocycles. The summed E-state index contributed by atoms with van der Waals surface area (Å²) in [7, 11) is 0. The molecule has 0 saturated heterocycles. The summed E-state index contributed by atoms with van der Waals surface area (Å²) in [6.07, 6.45) is 0. The molecule has 1 aromatic heterocycles. The zero-order valence-electron chi connectivity index (χ0n) is 14.3. The van der Waals surface area contributed by atoms with Crippen molar-refractivity contribution >= 4 is 29.5 Å². The van der Waals surface area contributed by atoms with Gasteiger partial charge in [0.15, 0.2) is 5.78 Å². The number of amides is 3. The van der Waals surface area contributed by atoms with Crippen LogP contribution in [0.5, 0.6) is 0 Å². The summed E-state index contributed by atoms with van der Waals surface area (Å²) < 4.78 is 0. The molecular weight excluding hydrogens is 328 g/mol. The zero-order chi connectivity index (χ0) is 18.5. The van der Waals surface area contributed by atoms with Gasteiger partial charge in [-0.1, -0.05) is 11.8 Å². The molecule has 8 heteroatoms. The first-order chi connectivity index (χ1) is 11.0. The average Bonchev–Trinajstić information content (AvgIpc) is 2.42. The molecule has 0 fully saturated rings. The second-order valence-electron chi connectivity index (χ2n) is 6.18. The number of aromatic nitrogens is 1. The number of thioether (sulfide) groups is 1. The number of urea groups is 1. The highest BCUT2D eigenvalue weighted by molar-refractivity contribution is 8.00. The number of nitriles is 1. The summed E-state index contributed by atoms with van der Waals surface area (Å²) in [5.74, 6) is -0.747. The van der Waals surface area contributed by atoms with Crippen LogP contribution in [0.4, 0.5) is 4.79 Å². The molecule has 0 aliphatic heterocycles. The van der Waals surface area contributed by atoms with E-state index < -0.39 is 17.5 Å². The van der Waals surface area contributed by atoms with Crippen LogP contribution in [-0.4, -0.2) is 34.0 Å². The third kappa shape index (κ3) is 6.01. The third-order valence-corrected chi connectivity index (χ3v) is 3.75. The summed E-state index contributed by atoms with van der Waals surface area (Å²) in [5.41, 5.74) is 0.648. The van der Waals surface area contributed by atoms with Crippen molar-refractivity contribution in [2.24, 2.45) is 0 Å². The number of nitrogens with one attached hydrogen (secondary N) is 2. The summed E-state index contributed by atoms with van der Waals surface area (Å²) in [6, 6.07) is 2.86. The maximum atomic E-state index is 11.8. The molecule has 1 aromatic rings. The first kappa shape index (κ1) is 19.6. The Morgan fingerprint density at radius 2 is 1.96 bits per heavy atom. The molecule has 0 bridgehead atoms. The van der Waals surface area contributed by atoms with Crippen LogP contribution < -0.4 is 10.6 Å². The van der Waals surface area contributed by atoms with Gasteiger partial charge in [0, 0.05) is 16.8 Å². The van der Waals surface area contributed by atoms with Gasteiger partial charge in [0.2, 0.25) is 5.91 Å². The first-order valence-corrected chi connectivity index (χ1v) is 8.19. The van der Waals surface area contributed by atoms with E-state index in [2.05, 4.69) is 15.6 Å². The van der Waals surface area contributed by atoms with Crippen molar-refractivity contribution in [3.8, 4) is 6.07 Å². The van der Waals surface area contributed by atoms with E-state index in [-0.39, 0.29) is 17.1 Å². The molecule has 0 spiro atoms. The van der Waals surface area contributed by atoms with E-state index in [1.807, 2.05) is 6.07 Å². The van der Waals surface area contributed by atoms with Gasteiger partial charge in [-0.3, -0.25) is 14.9 Å². The lowest BCUT2D eigenvalue weighted by atomic mass is 10.1. The van der Waals surface area contributed by atoms with E-state index in [9.17, 15) is 19.6 Å². The smallest absolute Gasteiger partial charge is 0.321 e. The van der Waals surface area contributed by atoms with Crippen LogP contribution in [-0.2, 0) is 4.79 Å². The van der Waals surface area contributed by atoms with Crippen molar-refractivity contribution < 1.29 is 14.4 Å². The van der Waals surface area contributed by atoms with Crippen molar-refractivity contribution in [1.82, 2.24) is 15.6 Å². The quantitative estimate of drug-likeness (QED) is 0.637. The summed E-state index contributed by atoms with van der Waals surface area (Å²) in [4.78, 5) is 39.1. The maximum absolute atomic E-state index is 11.8. The number of carbonyl (C=O) groups is 3. The van der Waals surface area contributed by atoms with Gasteiger partial charge in [0.05, 0.1) is 11.3 Å². The van der Waals surface area contributed by atoms with E-state index in [1.165, 1.54) is 13.0 Å². The number of rotatable bonds is 4. The van der Waals surface area contributed by atoms with Crippen LogP contribution in [0.2, 0.25) is 0 Å². The highest BCUT2D eigenvalue weighted by atomic mass is 32.2. The van der Waals surface area contributed by atoms with Gasteiger partial charge in [-0.25, -0.2) is 9.78 Å². The fourth-order valence-electron chi connectivity index (χ4n) is 1.80. The Morgan fingerprint density at radius 3 is 2.46 bits per heavy atom. The molecule has 7 nitrogen and oxygen atoms in total. The van der Waals surface area contributed by atoms with Crippen molar-refractivity contribution in [1.29, 1.82) is 5.26 Å². The van der Waals surface area contributed by atoms with Crippen LogP contribution in [0.3, 0.4) is 0 Å². The Morgan fingerprint density at radius 1 is 1.33 bits per heavy atom. The van der Waals surface area contributed by atoms with Gasteiger partial charge in [-0.15, -0.1) is 0 Å². The average molecular weight is 348 g/mol. The maximum Gasteiger partial charge on any atom is 0.321 e. The van der Waals surface area contributed by atoms with Crippen LogP contribution in [0, 0.1) is 18.3 Å². The Hall–Kier alpha value is -2.40. The molecule has 0 aromatic carbocycles. The Kier molecular flexibility index (Phi) is 6.49. The van der Waals surface area contributed by atoms with E-state index >= 15 is 0 Å². The first-order valence-electron chi connectivity index (χ1n) is 7.21. The fraction of sp³-hybridized carbons (Fsp3) is 0.438. The number of ketones is 1. The van der Waals surface area contributed by atoms with E-state index in [0.717, 1.165) is 11.8 Å². The second kappa shape index (κ2) is 7.93. The SMILES string of the molecule is CC(=O)c1cc(C#N)c(SCC(=O)NC(=O)NC(C)(C)C)nc1C. The molecule has 0 aliphatic rings. The minimum absolute atomic E-state index is 0.0713. The number of carbonyl (C=O) groups excluding carboxylic acids is 3. The predicted molar refractivity (Wildman–Crippen MR) is 90.8 cm³/mol. The van der Waals surface area contributed by atoms with E-state index in [4.69, 9.17) is 0 Å². The van der Waals surface area contributed by atoms with Gasteiger partial charge in [-0.05, 0) is 40.7 Å². The molecule has 1 heterocycles.